The number of allylic oxidation sites excluding steroid dienone is 1. The number of benzene rings is 2. The monoisotopic (exact) mass is 785 g/mol. The molecule has 2 saturated heterocycles. The van der Waals surface area contributed by atoms with Crippen LogP contribution in [-0.4, -0.2) is 97.0 Å². The van der Waals surface area contributed by atoms with Gasteiger partial charge in [0, 0.05) is 54.9 Å². The average molecular weight is 786 g/mol. The summed E-state index contributed by atoms with van der Waals surface area (Å²) in [7, 11) is -2.29. The van der Waals surface area contributed by atoms with Crippen molar-refractivity contribution in [1.29, 1.82) is 0 Å². The van der Waals surface area contributed by atoms with Crippen molar-refractivity contribution in [3.05, 3.63) is 66.7 Å². The molecule has 4 aliphatic rings. The van der Waals surface area contributed by atoms with E-state index in [4.69, 9.17) is 14.5 Å². The number of nitrogens with one attached hydrogen (secondary N) is 2. The molecule has 13 nitrogen and oxygen atoms in total. The topological polar surface area (TPSA) is 164 Å². The highest BCUT2D eigenvalue weighted by Crippen LogP contribution is 2.35. The summed E-state index contributed by atoms with van der Waals surface area (Å²) in [5.74, 6) is -1.31. The van der Waals surface area contributed by atoms with Crippen molar-refractivity contribution in [2.75, 3.05) is 26.7 Å². The molecule has 1 aromatic heterocycles. The van der Waals surface area contributed by atoms with Crippen LogP contribution < -0.4 is 19.5 Å². The van der Waals surface area contributed by atoms with Crippen LogP contribution in [0.2, 0.25) is 0 Å². The Bertz CT molecular complexity index is 2070. The van der Waals surface area contributed by atoms with Crippen LogP contribution in [-0.2, 0) is 29.2 Å². The molecule has 4 amide bonds. The van der Waals surface area contributed by atoms with E-state index in [-0.39, 0.29) is 31.2 Å². The quantitative estimate of drug-likeness (QED) is 0.288. The highest BCUT2D eigenvalue weighted by Gasteiger charge is 2.45. The lowest BCUT2D eigenvalue weighted by atomic mass is 9.94. The summed E-state index contributed by atoms with van der Waals surface area (Å²) in [5, 5.41) is 2.86. The van der Waals surface area contributed by atoms with Gasteiger partial charge in [0.05, 0.1) is 30.1 Å². The lowest BCUT2D eigenvalue weighted by Gasteiger charge is -2.31. The summed E-state index contributed by atoms with van der Waals surface area (Å²) in [6, 6.07) is 14.7. The molecule has 1 saturated carbocycles. The maximum atomic E-state index is 14.7. The Morgan fingerprint density at radius 1 is 0.946 bits per heavy atom. The lowest BCUT2D eigenvalue weighted by Crippen LogP contribution is -2.54. The van der Waals surface area contributed by atoms with E-state index < -0.39 is 51.2 Å². The molecule has 4 heterocycles. The molecule has 2 aromatic carbocycles. The number of carbonyl (C=O) groups is 4. The largest absolute Gasteiger partial charge is 0.497 e. The smallest absolute Gasteiger partial charge is 0.260 e. The third-order valence-electron chi connectivity index (χ3n) is 11.2. The number of aromatic nitrogens is 1. The van der Waals surface area contributed by atoms with Gasteiger partial charge in [-0.3, -0.25) is 23.9 Å². The maximum absolute atomic E-state index is 14.7. The van der Waals surface area contributed by atoms with Crippen LogP contribution in [0.1, 0.15) is 77.0 Å². The zero-order valence-corrected chi connectivity index (χ0v) is 32.7. The van der Waals surface area contributed by atoms with Gasteiger partial charge in [-0.2, -0.15) is 0 Å². The first-order valence-corrected chi connectivity index (χ1v) is 21.5. The Balaban J connectivity index is 1.20. The Hall–Kier alpha value is -4.98. The van der Waals surface area contributed by atoms with Crippen LogP contribution in [0.4, 0.5) is 0 Å². The molecule has 0 spiro atoms. The van der Waals surface area contributed by atoms with Crippen LogP contribution >= 0.6 is 0 Å². The molecule has 0 radical (unpaired) electrons. The van der Waals surface area contributed by atoms with Crippen molar-refractivity contribution in [2.24, 2.45) is 5.92 Å². The van der Waals surface area contributed by atoms with Crippen LogP contribution in [0.3, 0.4) is 0 Å². The van der Waals surface area contributed by atoms with Crippen molar-refractivity contribution in [2.45, 2.75) is 100 Å². The van der Waals surface area contributed by atoms with Gasteiger partial charge in [0.25, 0.3) is 5.91 Å². The number of piperidine rings is 1. The van der Waals surface area contributed by atoms with Gasteiger partial charge in [0.15, 0.2) is 0 Å². The lowest BCUT2D eigenvalue weighted by molar-refractivity contribution is -0.145. The fourth-order valence-electron chi connectivity index (χ4n) is 7.92. The zero-order valence-electron chi connectivity index (χ0n) is 31.9. The minimum atomic E-state index is -3.88. The number of fused-ring (bicyclic) bond motifs is 2. The van der Waals surface area contributed by atoms with Gasteiger partial charge in [-0.1, -0.05) is 55.3 Å². The molecule has 3 fully saturated rings. The Labute approximate surface area is 328 Å². The van der Waals surface area contributed by atoms with E-state index in [9.17, 15) is 27.6 Å². The predicted molar refractivity (Wildman–Crippen MR) is 211 cm³/mol. The number of pyridine rings is 1. The van der Waals surface area contributed by atoms with Gasteiger partial charge in [-0.05, 0) is 63.5 Å². The Kier molecular flexibility index (Phi) is 12.2. The Morgan fingerprint density at radius 2 is 1.71 bits per heavy atom. The number of hydrogen-bond acceptors (Lipinski definition) is 9. The molecule has 7 rings (SSSR count). The molecule has 56 heavy (non-hydrogen) atoms. The van der Waals surface area contributed by atoms with E-state index in [1.165, 1.54) is 11.0 Å². The van der Waals surface area contributed by atoms with Crippen molar-refractivity contribution in [3.63, 3.8) is 0 Å². The maximum Gasteiger partial charge on any atom is 0.260 e. The van der Waals surface area contributed by atoms with Gasteiger partial charge in [-0.15, -0.1) is 0 Å². The van der Waals surface area contributed by atoms with Gasteiger partial charge in [0.1, 0.15) is 29.7 Å². The fourth-order valence-corrected chi connectivity index (χ4v) is 9.25. The van der Waals surface area contributed by atoms with Gasteiger partial charge >= 0.3 is 0 Å². The normalized spacial score (nSPS) is 24.4. The number of hydrogen-bond donors (Lipinski definition) is 2. The van der Waals surface area contributed by atoms with Crippen molar-refractivity contribution in [3.8, 4) is 22.8 Å². The van der Waals surface area contributed by atoms with Crippen LogP contribution in [0.15, 0.2) is 66.7 Å². The van der Waals surface area contributed by atoms with Gasteiger partial charge < -0.3 is 24.6 Å². The molecular weight excluding hydrogens is 735 g/mol. The molecule has 1 aliphatic carbocycles. The summed E-state index contributed by atoms with van der Waals surface area (Å²) in [5.41, 5.74) is 2.19. The number of nitrogens with zero attached hydrogens (tertiary/aromatic N) is 3. The third-order valence-corrected chi connectivity index (χ3v) is 13.0. The summed E-state index contributed by atoms with van der Waals surface area (Å²) in [6.45, 7) is 1.41. The van der Waals surface area contributed by atoms with E-state index >= 15 is 0 Å². The molecule has 4 atom stereocenters. The highest BCUT2D eigenvalue weighted by molar-refractivity contribution is 7.90. The minimum Gasteiger partial charge on any atom is -0.497 e. The first-order chi connectivity index (χ1) is 27.1. The van der Waals surface area contributed by atoms with E-state index in [0.717, 1.165) is 43.1 Å². The van der Waals surface area contributed by atoms with E-state index in [1.54, 1.807) is 13.2 Å². The Morgan fingerprint density at radius 3 is 2.46 bits per heavy atom. The number of methoxy groups -OCH3 is 1. The second kappa shape index (κ2) is 17.4. The molecule has 2 N–H and O–H groups in total. The first-order valence-electron chi connectivity index (χ1n) is 19.9. The van der Waals surface area contributed by atoms with E-state index in [2.05, 4.69) is 10.0 Å². The van der Waals surface area contributed by atoms with Crippen LogP contribution in [0.5, 0.6) is 11.5 Å². The molecular formula is C42H51N5O8S. The van der Waals surface area contributed by atoms with Crippen molar-refractivity contribution in [1.82, 2.24) is 24.8 Å². The molecule has 1 unspecified atom stereocenters. The number of likely N-dealkylation sites (tertiary alicyclic amines) is 1. The first kappa shape index (κ1) is 39.3. The van der Waals surface area contributed by atoms with Gasteiger partial charge in [-0.25, -0.2) is 13.4 Å². The van der Waals surface area contributed by atoms with Crippen LogP contribution in [0.25, 0.3) is 22.2 Å². The van der Waals surface area contributed by atoms with E-state index in [1.807, 2.05) is 59.5 Å². The number of ether oxygens (including phenoxy) is 2. The SMILES string of the molecule is COc1ccc2c(O[C@@H]3C[C@H]4C(=O)NC(C(=O)NS(=O)(=O)C5CC5)/C=C\CCCCC[C@H](CC(=O)N5CCCCC5)C(=O)N4C3)cc(-c3ccccc3)nc2c1. The number of amides is 4. The molecule has 3 aliphatic heterocycles. The molecule has 14 heteroatoms. The van der Waals surface area contributed by atoms with E-state index in [0.29, 0.717) is 67.9 Å². The number of carbonyl (C=O) groups excluding carboxylic acids is 4. The number of sulfonamides is 1. The molecule has 298 valence electrons. The fraction of sp³-hybridized carbons (Fsp3) is 0.500. The average Bonchev–Trinajstić information content (AvgIpc) is 4.00. The van der Waals surface area contributed by atoms with Gasteiger partial charge in [0.2, 0.25) is 27.7 Å². The predicted octanol–water partition coefficient (Wildman–Crippen LogP) is 4.89. The molecule has 3 aromatic rings. The second-order valence-electron chi connectivity index (χ2n) is 15.3. The highest BCUT2D eigenvalue weighted by atomic mass is 32.2. The van der Waals surface area contributed by atoms with Crippen molar-refractivity contribution < 1.29 is 37.1 Å². The summed E-state index contributed by atoms with van der Waals surface area (Å²) in [6.07, 6.45) is 10.1. The van der Waals surface area contributed by atoms with Crippen molar-refractivity contribution >= 4 is 44.6 Å². The minimum absolute atomic E-state index is 0.0520. The summed E-state index contributed by atoms with van der Waals surface area (Å²) < 4.78 is 39.8. The second-order valence-corrected chi connectivity index (χ2v) is 17.3. The zero-order chi connectivity index (χ0) is 39.2. The summed E-state index contributed by atoms with van der Waals surface area (Å²) in [4.78, 5) is 64.2. The molecule has 0 bridgehead atoms. The number of rotatable bonds is 9. The summed E-state index contributed by atoms with van der Waals surface area (Å²) >= 11 is 0. The van der Waals surface area contributed by atoms with Crippen LogP contribution in [0, 0.1) is 5.92 Å². The standard InChI is InChI=1S/C42H51N5O8S/c1-54-30-17-20-33-36(24-30)43-35(28-13-8-5-9-14-28)26-38(33)55-31-25-37-41(50)44-34(40(49)45-56(52,53)32-18-19-32)16-10-4-2-3-7-15-29(42(51)47(37)27-31)23-39(48)46-21-11-6-12-22-46/h5,8-10,13-14,16-17,20,24,26,29,31-32,34,37H,2-4,6-7,11-12,15,18-19,21-23,25,27H2,1H3,(H,44,50)(H,45,49)/b16-10-/t29-,31-,34?,37+/m1/s1. The third kappa shape index (κ3) is 9.34.